The molecule has 1 aromatic rings. The first kappa shape index (κ1) is 14.5. The van der Waals surface area contributed by atoms with Crippen LogP contribution in [0, 0.1) is 0 Å². The molecule has 0 aliphatic carbocycles. The number of nitrogens with one attached hydrogen (secondary N) is 1. The predicted octanol–water partition coefficient (Wildman–Crippen LogP) is 0.396. The second kappa shape index (κ2) is 6.42. The minimum Gasteiger partial charge on any atom is -0.389 e. The molecule has 6 heteroatoms. The Kier molecular flexibility index (Phi) is 5.18. The van der Waals surface area contributed by atoms with E-state index in [0.29, 0.717) is 17.8 Å². The quantitative estimate of drug-likeness (QED) is 0.755. The number of carbonyl (C=O) groups is 1. The molecule has 0 saturated heterocycles. The number of hydrogen-bond donors (Lipinski definition) is 2. The molecule has 1 unspecified atom stereocenters. The molecule has 1 aromatic heterocycles. The Bertz CT molecular complexity index is 430. The second-order valence-corrected chi connectivity index (χ2v) is 4.76. The van der Waals surface area contributed by atoms with Crippen LogP contribution < -0.4 is 11.1 Å². The summed E-state index contributed by atoms with van der Waals surface area (Å²) in [5, 5.41) is 2.82. The lowest BCUT2D eigenvalue weighted by Crippen LogP contribution is -2.38. The maximum Gasteiger partial charge on any atom is 0.269 e. The van der Waals surface area contributed by atoms with E-state index in [1.807, 2.05) is 25.9 Å². The van der Waals surface area contributed by atoms with E-state index in [0.717, 1.165) is 0 Å². The van der Waals surface area contributed by atoms with Gasteiger partial charge in [-0.2, -0.15) is 0 Å². The highest BCUT2D eigenvalue weighted by atomic mass is 32.1. The van der Waals surface area contributed by atoms with Crippen molar-refractivity contribution in [2.45, 2.75) is 13.0 Å². The SMILES string of the molecule is CC(CNC(=O)c1ccc(C(N)=S)cn1)N(C)C. The molecule has 0 aromatic carbocycles. The fourth-order valence-corrected chi connectivity index (χ4v) is 1.31. The van der Waals surface area contributed by atoms with Crippen molar-refractivity contribution in [2.75, 3.05) is 20.6 Å². The van der Waals surface area contributed by atoms with Crippen LogP contribution in [0.4, 0.5) is 0 Å². The maximum atomic E-state index is 11.8. The van der Waals surface area contributed by atoms with E-state index < -0.39 is 0 Å². The van der Waals surface area contributed by atoms with Crippen molar-refractivity contribution in [1.29, 1.82) is 0 Å². The fourth-order valence-electron chi connectivity index (χ4n) is 1.19. The van der Waals surface area contributed by atoms with Crippen molar-refractivity contribution in [3.8, 4) is 0 Å². The highest BCUT2D eigenvalue weighted by molar-refractivity contribution is 7.80. The molecule has 0 bridgehead atoms. The van der Waals surface area contributed by atoms with Crippen LogP contribution in [0.5, 0.6) is 0 Å². The summed E-state index contributed by atoms with van der Waals surface area (Å²) in [7, 11) is 3.93. The van der Waals surface area contributed by atoms with E-state index in [9.17, 15) is 4.79 Å². The topological polar surface area (TPSA) is 71.2 Å². The van der Waals surface area contributed by atoms with Crippen LogP contribution in [0.3, 0.4) is 0 Å². The monoisotopic (exact) mass is 266 g/mol. The van der Waals surface area contributed by atoms with E-state index in [1.165, 1.54) is 6.20 Å². The number of aromatic nitrogens is 1. The lowest BCUT2D eigenvalue weighted by Gasteiger charge is -2.19. The zero-order valence-electron chi connectivity index (χ0n) is 10.8. The van der Waals surface area contributed by atoms with Gasteiger partial charge in [0.25, 0.3) is 5.91 Å². The van der Waals surface area contributed by atoms with E-state index in [4.69, 9.17) is 18.0 Å². The minimum atomic E-state index is -0.196. The Morgan fingerprint density at radius 3 is 2.67 bits per heavy atom. The van der Waals surface area contributed by atoms with Crippen LogP contribution >= 0.6 is 12.2 Å². The number of likely N-dealkylation sites (N-methyl/N-ethyl adjacent to an activating group) is 1. The van der Waals surface area contributed by atoms with Gasteiger partial charge in [-0.3, -0.25) is 9.78 Å². The molecule has 3 N–H and O–H groups in total. The molecule has 0 spiro atoms. The average Bonchev–Trinajstić information content (AvgIpc) is 2.35. The summed E-state index contributed by atoms with van der Waals surface area (Å²) in [5.41, 5.74) is 6.47. The standard InChI is InChI=1S/C12H18N4OS/c1-8(16(2)3)6-15-12(17)10-5-4-9(7-14-10)11(13)18/h4-5,7-8H,6H2,1-3H3,(H2,13,18)(H,15,17). The summed E-state index contributed by atoms with van der Waals surface area (Å²) in [6.45, 7) is 2.61. The third kappa shape index (κ3) is 4.05. The number of hydrogen-bond acceptors (Lipinski definition) is 4. The molecular formula is C12H18N4OS. The molecule has 18 heavy (non-hydrogen) atoms. The Balaban J connectivity index is 2.59. The van der Waals surface area contributed by atoms with Crippen LogP contribution in [0.15, 0.2) is 18.3 Å². The van der Waals surface area contributed by atoms with Gasteiger partial charge < -0.3 is 16.0 Å². The first-order chi connectivity index (χ1) is 8.41. The normalized spacial score (nSPS) is 12.2. The van der Waals surface area contributed by atoms with Crippen molar-refractivity contribution in [3.05, 3.63) is 29.6 Å². The molecule has 0 aliphatic heterocycles. The minimum absolute atomic E-state index is 0.196. The van der Waals surface area contributed by atoms with Gasteiger partial charge in [-0.15, -0.1) is 0 Å². The van der Waals surface area contributed by atoms with Gasteiger partial charge in [0, 0.05) is 24.3 Å². The molecule has 1 atom stereocenters. The summed E-state index contributed by atoms with van der Waals surface area (Å²) in [5.74, 6) is -0.196. The Morgan fingerprint density at radius 1 is 1.56 bits per heavy atom. The smallest absolute Gasteiger partial charge is 0.269 e. The maximum absolute atomic E-state index is 11.8. The first-order valence-electron chi connectivity index (χ1n) is 5.62. The largest absolute Gasteiger partial charge is 0.389 e. The van der Waals surface area contributed by atoms with Crippen LogP contribution in [0.2, 0.25) is 0 Å². The third-order valence-corrected chi connectivity index (χ3v) is 2.96. The van der Waals surface area contributed by atoms with E-state index in [2.05, 4.69) is 10.3 Å². The summed E-state index contributed by atoms with van der Waals surface area (Å²) in [4.78, 5) is 18.1. The second-order valence-electron chi connectivity index (χ2n) is 4.32. The lowest BCUT2D eigenvalue weighted by atomic mass is 10.2. The van der Waals surface area contributed by atoms with Gasteiger partial charge in [-0.1, -0.05) is 12.2 Å². The molecule has 0 saturated carbocycles. The molecule has 0 aliphatic rings. The summed E-state index contributed by atoms with van der Waals surface area (Å²) >= 11 is 4.82. The van der Waals surface area contributed by atoms with Crippen molar-refractivity contribution in [3.63, 3.8) is 0 Å². The highest BCUT2D eigenvalue weighted by Crippen LogP contribution is 2.00. The zero-order chi connectivity index (χ0) is 13.7. The molecule has 1 heterocycles. The highest BCUT2D eigenvalue weighted by Gasteiger charge is 2.10. The third-order valence-electron chi connectivity index (χ3n) is 2.72. The first-order valence-corrected chi connectivity index (χ1v) is 6.03. The van der Waals surface area contributed by atoms with Crippen molar-refractivity contribution >= 4 is 23.1 Å². The molecule has 0 fully saturated rings. The summed E-state index contributed by atoms with van der Waals surface area (Å²) in [6.07, 6.45) is 1.51. The van der Waals surface area contributed by atoms with Gasteiger partial charge in [-0.05, 0) is 33.2 Å². The van der Waals surface area contributed by atoms with E-state index >= 15 is 0 Å². The van der Waals surface area contributed by atoms with Crippen molar-refractivity contribution < 1.29 is 4.79 Å². The molecule has 1 rings (SSSR count). The number of nitrogens with two attached hydrogens (primary N) is 1. The fraction of sp³-hybridized carbons (Fsp3) is 0.417. The van der Waals surface area contributed by atoms with Crippen molar-refractivity contribution in [1.82, 2.24) is 15.2 Å². The van der Waals surface area contributed by atoms with Gasteiger partial charge >= 0.3 is 0 Å². The van der Waals surface area contributed by atoms with Gasteiger partial charge in [0.05, 0.1) is 0 Å². The van der Waals surface area contributed by atoms with Crippen LogP contribution in [0.1, 0.15) is 23.0 Å². The summed E-state index contributed by atoms with van der Waals surface area (Å²) < 4.78 is 0. The predicted molar refractivity (Wildman–Crippen MR) is 75.6 cm³/mol. The number of carbonyl (C=O) groups excluding carboxylic acids is 1. The number of nitrogens with zero attached hydrogens (tertiary/aromatic N) is 2. The number of amides is 1. The number of pyridine rings is 1. The Morgan fingerprint density at radius 2 is 2.22 bits per heavy atom. The Labute approximate surface area is 112 Å². The van der Waals surface area contributed by atoms with Gasteiger partial charge in [0.2, 0.25) is 0 Å². The van der Waals surface area contributed by atoms with Crippen LogP contribution in [-0.4, -0.2) is 47.5 Å². The van der Waals surface area contributed by atoms with Gasteiger partial charge in [0.15, 0.2) is 0 Å². The number of thiocarbonyl (C=S) groups is 1. The van der Waals surface area contributed by atoms with Crippen LogP contribution in [0.25, 0.3) is 0 Å². The molecule has 98 valence electrons. The van der Waals surface area contributed by atoms with Crippen LogP contribution in [-0.2, 0) is 0 Å². The van der Waals surface area contributed by atoms with Crippen molar-refractivity contribution in [2.24, 2.45) is 5.73 Å². The van der Waals surface area contributed by atoms with Gasteiger partial charge in [0.1, 0.15) is 10.7 Å². The zero-order valence-corrected chi connectivity index (χ0v) is 11.6. The molecule has 1 amide bonds. The number of rotatable bonds is 5. The van der Waals surface area contributed by atoms with E-state index in [1.54, 1.807) is 12.1 Å². The van der Waals surface area contributed by atoms with Gasteiger partial charge in [-0.25, -0.2) is 0 Å². The lowest BCUT2D eigenvalue weighted by molar-refractivity contribution is 0.0938. The average molecular weight is 266 g/mol. The summed E-state index contributed by atoms with van der Waals surface area (Å²) in [6, 6.07) is 3.58. The Hall–Kier alpha value is -1.53. The molecule has 5 nitrogen and oxygen atoms in total. The molecule has 0 radical (unpaired) electrons. The molecular weight excluding hydrogens is 248 g/mol. The van der Waals surface area contributed by atoms with E-state index in [-0.39, 0.29) is 16.9 Å².